The van der Waals surface area contributed by atoms with Crippen molar-refractivity contribution in [1.29, 1.82) is 0 Å². The summed E-state index contributed by atoms with van der Waals surface area (Å²) >= 11 is 11.6. The third kappa shape index (κ3) is 2.82. The van der Waals surface area contributed by atoms with Gasteiger partial charge in [-0.1, -0.05) is 36.0 Å². The molecule has 100 valence electrons. The van der Waals surface area contributed by atoms with Crippen LogP contribution in [0.15, 0.2) is 6.07 Å². The number of aromatic nitrogens is 1. The number of rotatable bonds is 4. The summed E-state index contributed by atoms with van der Waals surface area (Å²) in [6.45, 7) is 0.308. The molecule has 0 unspecified atom stereocenters. The minimum Gasteiger partial charge on any atom is -0.395 e. The molecule has 1 saturated carbocycles. The summed E-state index contributed by atoms with van der Waals surface area (Å²) < 4.78 is 0. The lowest BCUT2D eigenvalue weighted by Crippen LogP contribution is -2.40. The van der Waals surface area contributed by atoms with Crippen LogP contribution in [0.5, 0.6) is 0 Å². The molecule has 2 rings (SSSR count). The van der Waals surface area contributed by atoms with Crippen LogP contribution in [0.25, 0.3) is 0 Å². The average Bonchev–Trinajstić information content (AvgIpc) is 2.97. The number of amides is 1. The summed E-state index contributed by atoms with van der Waals surface area (Å²) in [5.74, 6) is -0.148. The van der Waals surface area contributed by atoms with E-state index in [-0.39, 0.29) is 23.7 Å². The van der Waals surface area contributed by atoms with E-state index in [4.69, 9.17) is 28.3 Å². The fourth-order valence-corrected chi connectivity index (χ4v) is 2.76. The van der Waals surface area contributed by atoms with E-state index in [1.807, 2.05) is 0 Å². The van der Waals surface area contributed by atoms with Crippen LogP contribution in [0.2, 0.25) is 10.2 Å². The molecule has 1 aliphatic rings. The van der Waals surface area contributed by atoms with Gasteiger partial charge in [0.25, 0.3) is 5.91 Å². The van der Waals surface area contributed by atoms with Crippen molar-refractivity contribution in [3.8, 4) is 0 Å². The van der Waals surface area contributed by atoms with E-state index in [2.05, 4.69) is 4.98 Å². The highest BCUT2D eigenvalue weighted by Gasteiger charge is 2.28. The number of hydrogen-bond acceptors (Lipinski definition) is 2. The van der Waals surface area contributed by atoms with Crippen molar-refractivity contribution in [2.75, 3.05) is 13.2 Å². The van der Waals surface area contributed by atoms with Crippen molar-refractivity contribution >= 4 is 29.1 Å². The molecule has 1 amide bonds. The maximum atomic E-state index is 12.4. The second-order valence-electron chi connectivity index (χ2n) is 4.51. The normalized spacial score (nSPS) is 16.2. The fraction of sp³-hybridized carbons (Fsp3) is 0.583. The first kappa shape index (κ1) is 13.7. The summed E-state index contributed by atoms with van der Waals surface area (Å²) in [5, 5.41) is 9.71. The van der Waals surface area contributed by atoms with Crippen molar-refractivity contribution in [3.63, 3.8) is 0 Å². The van der Waals surface area contributed by atoms with Crippen LogP contribution >= 0.6 is 23.2 Å². The summed E-state index contributed by atoms with van der Waals surface area (Å²) in [5.41, 5.74) is 0.380. The van der Waals surface area contributed by atoms with Crippen LogP contribution in [0.1, 0.15) is 36.2 Å². The molecule has 0 atom stereocenters. The molecule has 1 aromatic rings. The smallest absolute Gasteiger partial charge is 0.270 e. The van der Waals surface area contributed by atoms with Crippen LogP contribution in [0.4, 0.5) is 0 Å². The highest BCUT2D eigenvalue weighted by molar-refractivity contribution is 6.41. The van der Waals surface area contributed by atoms with Gasteiger partial charge in [-0.15, -0.1) is 0 Å². The second kappa shape index (κ2) is 5.95. The van der Waals surface area contributed by atoms with Gasteiger partial charge in [-0.05, 0) is 18.9 Å². The molecular formula is C12H16Cl2N2O2. The number of hydrogen-bond donors (Lipinski definition) is 2. The van der Waals surface area contributed by atoms with Gasteiger partial charge < -0.3 is 15.0 Å². The molecule has 0 radical (unpaired) electrons. The maximum absolute atomic E-state index is 12.4. The van der Waals surface area contributed by atoms with Crippen molar-refractivity contribution < 1.29 is 9.90 Å². The van der Waals surface area contributed by atoms with Gasteiger partial charge in [-0.2, -0.15) is 0 Å². The lowest BCUT2D eigenvalue weighted by atomic mass is 10.2. The number of carbonyl (C=O) groups excluding carboxylic acids is 1. The Kier molecular flexibility index (Phi) is 4.54. The van der Waals surface area contributed by atoms with E-state index in [9.17, 15) is 4.79 Å². The molecule has 1 aromatic heterocycles. The second-order valence-corrected chi connectivity index (χ2v) is 5.29. The molecule has 1 heterocycles. The van der Waals surface area contributed by atoms with Crippen molar-refractivity contribution in [1.82, 2.24) is 9.88 Å². The van der Waals surface area contributed by atoms with Gasteiger partial charge in [0.05, 0.1) is 11.6 Å². The molecule has 0 spiro atoms. The summed E-state index contributed by atoms with van der Waals surface area (Å²) in [6, 6.07) is 1.75. The Morgan fingerprint density at radius 3 is 2.61 bits per heavy atom. The molecule has 4 nitrogen and oxygen atoms in total. The van der Waals surface area contributed by atoms with Crippen molar-refractivity contribution in [2.45, 2.75) is 31.7 Å². The van der Waals surface area contributed by atoms with Crippen molar-refractivity contribution in [3.05, 3.63) is 21.9 Å². The molecule has 0 bridgehead atoms. The highest BCUT2D eigenvalue weighted by atomic mass is 35.5. The van der Waals surface area contributed by atoms with E-state index in [1.54, 1.807) is 4.90 Å². The molecule has 0 aromatic carbocycles. The van der Waals surface area contributed by atoms with Crippen LogP contribution in [0, 0.1) is 0 Å². The number of H-pyrrole nitrogens is 1. The zero-order valence-corrected chi connectivity index (χ0v) is 11.5. The molecule has 0 saturated heterocycles. The van der Waals surface area contributed by atoms with Gasteiger partial charge in [-0.25, -0.2) is 0 Å². The Labute approximate surface area is 116 Å². The quantitative estimate of drug-likeness (QED) is 0.896. The van der Waals surface area contributed by atoms with Gasteiger partial charge >= 0.3 is 0 Å². The van der Waals surface area contributed by atoms with Crippen LogP contribution in [0.3, 0.4) is 0 Å². The van der Waals surface area contributed by atoms with E-state index >= 15 is 0 Å². The molecule has 1 fully saturated rings. The first-order valence-electron chi connectivity index (χ1n) is 6.09. The van der Waals surface area contributed by atoms with E-state index < -0.39 is 0 Å². The summed E-state index contributed by atoms with van der Waals surface area (Å²) in [6.07, 6.45) is 4.25. The van der Waals surface area contributed by atoms with Crippen LogP contribution < -0.4 is 0 Å². The van der Waals surface area contributed by atoms with Crippen molar-refractivity contribution in [2.24, 2.45) is 0 Å². The largest absolute Gasteiger partial charge is 0.395 e. The standard InChI is InChI=1S/C12H16Cl2N2O2/c13-9-7-10(15-11(9)14)12(18)16(5-6-17)8-3-1-2-4-8/h7-8,15,17H,1-6H2. The summed E-state index contributed by atoms with van der Waals surface area (Å²) in [4.78, 5) is 16.8. The van der Waals surface area contributed by atoms with Crippen LogP contribution in [-0.2, 0) is 0 Å². The first-order chi connectivity index (χ1) is 8.63. The minimum absolute atomic E-state index is 0.0373. The topological polar surface area (TPSA) is 56.3 Å². The highest BCUT2D eigenvalue weighted by Crippen LogP contribution is 2.27. The number of aliphatic hydroxyl groups excluding tert-OH is 1. The fourth-order valence-electron chi connectivity index (χ4n) is 2.45. The molecule has 1 aliphatic carbocycles. The Morgan fingerprint density at radius 2 is 2.11 bits per heavy atom. The third-order valence-electron chi connectivity index (χ3n) is 3.32. The van der Waals surface area contributed by atoms with Gasteiger partial charge in [0.15, 0.2) is 0 Å². The Bertz CT molecular complexity index is 408. The zero-order valence-electron chi connectivity index (χ0n) is 9.96. The molecule has 0 aliphatic heterocycles. The minimum atomic E-state index is -0.148. The van der Waals surface area contributed by atoms with E-state index in [1.165, 1.54) is 6.07 Å². The van der Waals surface area contributed by atoms with Gasteiger partial charge in [-0.3, -0.25) is 4.79 Å². The number of nitrogens with one attached hydrogen (secondary N) is 1. The molecule has 2 N–H and O–H groups in total. The number of aliphatic hydroxyl groups is 1. The predicted octanol–water partition coefficient (Wildman–Crippen LogP) is 2.70. The molecular weight excluding hydrogens is 275 g/mol. The Hall–Kier alpha value is -0.710. The summed E-state index contributed by atoms with van der Waals surface area (Å²) in [7, 11) is 0. The van der Waals surface area contributed by atoms with Gasteiger partial charge in [0.1, 0.15) is 10.8 Å². The Balaban J connectivity index is 2.16. The number of halogens is 2. The lowest BCUT2D eigenvalue weighted by molar-refractivity contribution is 0.0633. The lowest BCUT2D eigenvalue weighted by Gasteiger charge is -2.27. The monoisotopic (exact) mass is 290 g/mol. The third-order valence-corrected chi connectivity index (χ3v) is 4.02. The van der Waals surface area contributed by atoms with Gasteiger partial charge in [0, 0.05) is 12.6 Å². The number of carbonyl (C=O) groups is 1. The van der Waals surface area contributed by atoms with Gasteiger partial charge in [0.2, 0.25) is 0 Å². The average molecular weight is 291 g/mol. The predicted molar refractivity (Wildman–Crippen MR) is 71.2 cm³/mol. The number of aromatic amines is 1. The SMILES string of the molecule is O=C(c1cc(Cl)c(Cl)[nH]1)N(CCO)C1CCCC1. The first-order valence-corrected chi connectivity index (χ1v) is 6.85. The van der Waals surface area contributed by atoms with E-state index in [0.29, 0.717) is 17.3 Å². The Morgan fingerprint density at radius 1 is 1.44 bits per heavy atom. The van der Waals surface area contributed by atoms with E-state index in [0.717, 1.165) is 25.7 Å². The van der Waals surface area contributed by atoms with Crippen LogP contribution in [-0.4, -0.2) is 40.1 Å². The molecule has 6 heteroatoms. The molecule has 18 heavy (non-hydrogen) atoms. The maximum Gasteiger partial charge on any atom is 0.270 e. The number of nitrogens with zero attached hydrogens (tertiary/aromatic N) is 1. The zero-order chi connectivity index (χ0) is 13.1.